The third-order valence-corrected chi connectivity index (χ3v) is 6.11. The molecule has 1 aliphatic rings. The Morgan fingerprint density at radius 2 is 1.91 bits per heavy atom. The minimum absolute atomic E-state index is 0.354. The second-order valence-corrected chi connectivity index (χ2v) is 8.40. The molecule has 0 bridgehead atoms. The Kier molecular flexibility index (Phi) is 6.72. The number of benzene rings is 2. The van der Waals surface area contributed by atoms with Gasteiger partial charge in [-0.25, -0.2) is 0 Å². The third kappa shape index (κ3) is 4.15. The molecule has 0 amide bonds. The Labute approximate surface area is 193 Å². The lowest BCUT2D eigenvalue weighted by molar-refractivity contribution is -0.249. The number of carbonyl (C=O) groups excluding carboxylic acids is 1. The molecule has 5 nitrogen and oxygen atoms in total. The van der Waals surface area contributed by atoms with E-state index < -0.39 is 40.4 Å². The van der Waals surface area contributed by atoms with E-state index in [0.717, 1.165) is 6.08 Å². The van der Waals surface area contributed by atoms with Crippen LogP contribution in [0.15, 0.2) is 67.3 Å². The number of nitrogens with zero attached hydrogens (tertiary/aromatic N) is 1. The van der Waals surface area contributed by atoms with Crippen molar-refractivity contribution in [3.63, 3.8) is 0 Å². The zero-order chi connectivity index (χ0) is 23.6. The lowest BCUT2D eigenvalue weighted by Crippen LogP contribution is -2.31. The van der Waals surface area contributed by atoms with Crippen molar-refractivity contribution < 1.29 is 27.8 Å². The van der Waals surface area contributed by atoms with Crippen molar-refractivity contribution in [1.29, 1.82) is 5.26 Å². The average Bonchev–Trinajstić information content (AvgIpc) is 3.30. The van der Waals surface area contributed by atoms with E-state index >= 15 is 0 Å². The van der Waals surface area contributed by atoms with Crippen LogP contribution in [0.3, 0.4) is 0 Å². The molecule has 3 atom stereocenters. The van der Waals surface area contributed by atoms with Crippen LogP contribution in [0.4, 0.5) is 8.78 Å². The van der Waals surface area contributed by atoms with E-state index in [-0.39, 0.29) is 0 Å². The summed E-state index contributed by atoms with van der Waals surface area (Å²) in [5.41, 5.74) is -2.93. The SMILES string of the molecule is C=CC1(C(=O)OC(C#N)c2cccc(Oc3ccccc3)c2)C(C(F)(F)OCBr)C1(C)C. The lowest BCUT2D eigenvalue weighted by atomic mass is 9.96. The second kappa shape index (κ2) is 9.00. The molecule has 0 spiro atoms. The van der Waals surface area contributed by atoms with Crippen LogP contribution >= 0.6 is 15.9 Å². The fourth-order valence-electron chi connectivity index (χ4n) is 4.22. The highest BCUT2D eigenvalue weighted by molar-refractivity contribution is 9.09. The fraction of sp³-hybridized carbons (Fsp3) is 0.333. The first-order chi connectivity index (χ1) is 15.1. The van der Waals surface area contributed by atoms with Gasteiger partial charge in [0, 0.05) is 5.56 Å². The number of carbonyl (C=O) groups is 1. The van der Waals surface area contributed by atoms with Gasteiger partial charge in [0.2, 0.25) is 6.10 Å². The average molecular weight is 506 g/mol. The minimum Gasteiger partial charge on any atom is -0.457 e. The molecule has 0 saturated heterocycles. The molecule has 0 heterocycles. The maximum atomic E-state index is 14.6. The normalized spacial score (nSPS) is 22.3. The van der Waals surface area contributed by atoms with Crippen molar-refractivity contribution in [3.8, 4) is 17.6 Å². The third-order valence-electron chi connectivity index (χ3n) is 5.88. The van der Waals surface area contributed by atoms with Gasteiger partial charge < -0.3 is 14.2 Å². The first-order valence-corrected chi connectivity index (χ1v) is 10.9. The number of nitriles is 1. The zero-order valence-electron chi connectivity index (χ0n) is 17.6. The molecular weight excluding hydrogens is 484 g/mol. The largest absolute Gasteiger partial charge is 0.457 e. The monoisotopic (exact) mass is 505 g/mol. The zero-order valence-corrected chi connectivity index (χ0v) is 19.1. The summed E-state index contributed by atoms with van der Waals surface area (Å²) in [6.45, 7) is 6.63. The molecular formula is C24H22BrF2NO4. The van der Waals surface area contributed by atoms with E-state index in [0.29, 0.717) is 17.1 Å². The van der Waals surface area contributed by atoms with Gasteiger partial charge in [0.05, 0.1) is 5.92 Å². The number of esters is 1. The predicted molar refractivity (Wildman–Crippen MR) is 117 cm³/mol. The highest BCUT2D eigenvalue weighted by Gasteiger charge is 2.83. The molecule has 0 aliphatic heterocycles. The second-order valence-electron chi connectivity index (χ2n) is 7.95. The van der Waals surface area contributed by atoms with Crippen LogP contribution in [-0.2, 0) is 14.3 Å². The predicted octanol–water partition coefficient (Wildman–Crippen LogP) is 6.38. The van der Waals surface area contributed by atoms with Crippen LogP contribution in [0.25, 0.3) is 0 Å². The Morgan fingerprint density at radius 1 is 1.25 bits per heavy atom. The maximum absolute atomic E-state index is 14.6. The quantitative estimate of drug-likeness (QED) is 0.224. The molecule has 1 saturated carbocycles. The summed E-state index contributed by atoms with van der Waals surface area (Å²) in [6.07, 6.45) is -3.75. The first-order valence-electron chi connectivity index (χ1n) is 9.79. The van der Waals surface area contributed by atoms with Gasteiger partial charge in [-0.2, -0.15) is 14.0 Å². The number of halogens is 3. The summed E-state index contributed by atoms with van der Waals surface area (Å²) in [5, 5.41) is 9.64. The first kappa shape index (κ1) is 23.9. The summed E-state index contributed by atoms with van der Waals surface area (Å²) >= 11 is 2.83. The molecule has 3 rings (SSSR count). The van der Waals surface area contributed by atoms with E-state index in [9.17, 15) is 18.8 Å². The van der Waals surface area contributed by atoms with Gasteiger partial charge in [0.1, 0.15) is 28.5 Å². The van der Waals surface area contributed by atoms with Crippen molar-refractivity contribution in [2.24, 2.45) is 16.7 Å². The summed E-state index contributed by atoms with van der Waals surface area (Å²) in [6, 6.07) is 17.4. The summed E-state index contributed by atoms with van der Waals surface area (Å²) in [7, 11) is 0. The van der Waals surface area contributed by atoms with E-state index in [1.54, 1.807) is 36.4 Å². The van der Waals surface area contributed by atoms with Crippen LogP contribution in [0, 0.1) is 28.1 Å². The molecule has 0 radical (unpaired) electrons. The van der Waals surface area contributed by atoms with Gasteiger partial charge in [-0.3, -0.25) is 4.79 Å². The highest BCUT2D eigenvalue weighted by Crippen LogP contribution is 2.75. The number of hydrogen-bond acceptors (Lipinski definition) is 5. The molecule has 3 unspecified atom stereocenters. The van der Waals surface area contributed by atoms with Crippen molar-refractivity contribution >= 4 is 21.9 Å². The molecule has 8 heteroatoms. The van der Waals surface area contributed by atoms with Gasteiger partial charge in [0.25, 0.3) is 0 Å². The molecule has 1 fully saturated rings. The number of rotatable bonds is 9. The van der Waals surface area contributed by atoms with Crippen LogP contribution in [0.1, 0.15) is 25.5 Å². The van der Waals surface area contributed by atoms with Crippen molar-refractivity contribution in [2.75, 3.05) is 5.52 Å². The number of alkyl halides is 3. The highest BCUT2D eigenvalue weighted by atomic mass is 79.9. The van der Waals surface area contributed by atoms with Crippen LogP contribution < -0.4 is 4.74 Å². The van der Waals surface area contributed by atoms with Gasteiger partial charge in [0.15, 0.2) is 0 Å². The molecule has 0 aromatic heterocycles. The smallest absolute Gasteiger partial charge is 0.361 e. The van der Waals surface area contributed by atoms with Gasteiger partial charge in [-0.05, 0) is 29.7 Å². The molecule has 2 aromatic rings. The number of para-hydroxylation sites is 1. The Hall–Kier alpha value is -2.76. The summed E-state index contributed by atoms with van der Waals surface area (Å²) in [4.78, 5) is 13.1. The standard InChI is InChI=1S/C24H22BrF2NO4/c1-4-23(20(22(23,2)3)24(26,27)30-15-25)21(29)32-19(14-28)16-9-8-12-18(13-16)31-17-10-6-5-7-11-17/h4-13,19-20H,1,15H2,2-3H3. The lowest BCUT2D eigenvalue weighted by Gasteiger charge is -2.20. The Morgan fingerprint density at radius 3 is 2.50 bits per heavy atom. The van der Waals surface area contributed by atoms with Crippen LogP contribution in [-0.4, -0.2) is 17.6 Å². The van der Waals surface area contributed by atoms with Crippen molar-refractivity contribution in [3.05, 3.63) is 72.8 Å². The molecule has 2 aromatic carbocycles. The molecule has 0 N–H and O–H groups in total. The van der Waals surface area contributed by atoms with Gasteiger partial charge >= 0.3 is 12.1 Å². The molecule has 32 heavy (non-hydrogen) atoms. The Bertz CT molecular complexity index is 1040. The van der Waals surface area contributed by atoms with E-state index in [1.165, 1.54) is 13.8 Å². The van der Waals surface area contributed by atoms with E-state index in [2.05, 4.69) is 27.2 Å². The topological polar surface area (TPSA) is 68.6 Å². The Balaban J connectivity index is 1.83. The maximum Gasteiger partial charge on any atom is 0.361 e. The van der Waals surface area contributed by atoms with Crippen molar-refractivity contribution in [1.82, 2.24) is 0 Å². The van der Waals surface area contributed by atoms with Crippen LogP contribution in [0.5, 0.6) is 11.5 Å². The molecule has 168 valence electrons. The summed E-state index contributed by atoms with van der Waals surface area (Å²) < 4.78 is 44.8. The fourth-order valence-corrected chi connectivity index (χ4v) is 4.53. The van der Waals surface area contributed by atoms with E-state index in [1.807, 2.05) is 24.3 Å². The minimum atomic E-state index is -3.59. The van der Waals surface area contributed by atoms with Gasteiger partial charge in [-0.1, -0.05) is 66.2 Å². The number of ether oxygens (including phenoxy) is 3. The van der Waals surface area contributed by atoms with E-state index in [4.69, 9.17) is 9.47 Å². The molecule has 1 aliphatic carbocycles. The summed E-state index contributed by atoms with van der Waals surface area (Å²) in [5.74, 6) is -1.42. The number of hydrogen-bond donors (Lipinski definition) is 0. The van der Waals surface area contributed by atoms with Gasteiger partial charge in [-0.15, -0.1) is 6.58 Å². The van der Waals surface area contributed by atoms with Crippen LogP contribution in [0.2, 0.25) is 0 Å². The van der Waals surface area contributed by atoms with Crippen molar-refractivity contribution in [2.45, 2.75) is 26.1 Å².